The van der Waals surface area contributed by atoms with Crippen molar-refractivity contribution in [2.24, 2.45) is 0 Å². The number of pyridine rings is 1. The number of rotatable bonds is 5. The van der Waals surface area contributed by atoms with Crippen LogP contribution in [0.2, 0.25) is 0 Å². The molecule has 1 aromatic carbocycles. The second-order valence-electron chi connectivity index (χ2n) is 5.87. The number of urea groups is 1. The predicted octanol–water partition coefficient (Wildman–Crippen LogP) is 3.08. The monoisotopic (exact) mass is 380 g/mol. The molecule has 0 aliphatic heterocycles. The number of benzene rings is 1. The number of nitrogens with one attached hydrogen (secondary N) is 3. The molecule has 2 aromatic heterocycles. The Kier molecular flexibility index (Phi) is 5.85. The lowest BCUT2D eigenvalue weighted by atomic mass is 10.2. The van der Waals surface area contributed by atoms with Crippen LogP contribution in [0.25, 0.3) is 5.82 Å². The van der Waals surface area contributed by atoms with E-state index in [0.29, 0.717) is 17.9 Å². The number of hydrogen-bond acceptors (Lipinski definition) is 5. The van der Waals surface area contributed by atoms with Crippen molar-refractivity contribution >= 4 is 23.5 Å². The Morgan fingerprint density at radius 1 is 1.07 bits per heavy atom. The van der Waals surface area contributed by atoms with Crippen molar-refractivity contribution in [1.29, 1.82) is 0 Å². The quantitative estimate of drug-likeness (QED) is 0.630. The third-order valence-corrected chi connectivity index (χ3v) is 3.89. The van der Waals surface area contributed by atoms with Gasteiger partial charge in [0.15, 0.2) is 0 Å². The lowest BCUT2D eigenvalue weighted by molar-refractivity contribution is 0.187. The molecule has 2 heterocycles. The topological polar surface area (TPSA) is 110 Å². The lowest BCUT2D eigenvalue weighted by Gasteiger charge is -2.10. The highest BCUT2D eigenvalue weighted by atomic mass is 16.5. The van der Waals surface area contributed by atoms with Crippen molar-refractivity contribution in [2.75, 3.05) is 17.7 Å². The molecule has 0 radical (unpaired) electrons. The molecular weight excluding hydrogens is 360 g/mol. The summed E-state index contributed by atoms with van der Waals surface area (Å²) in [6, 6.07) is 10.1. The van der Waals surface area contributed by atoms with Gasteiger partial charge in [0.05, 0.1) is 7.11 Å². The molecule has 9 nitrogen and oxygen atoms in total. The van der Waals surface area contributed by atoms with Crippen LogP contribution < -0.4 is 16.0 Å². The van der Waals surface area contributed by atoms with Gasteiger partial charge >= 0.3 is 12.1 Å². The van der Waals surface area contributed by atoms with Crippen molar-refractivity contribution in [1.82, 2.24) is 19.9 Å². The second kappa shape index (κ2) is 8.67. The summed E-state index contributed by atoms with van der Waals surface area (Å²) in [6.07, 6.45) is 4.64. The fourth-order valence-electron chi connectivity index (χ4n) is 2.52. The van der Waals surface area contributed by atoms with Gasteiger partial charge in [-0.15, -0.1) is 0 Å². The molecule has 0 aliphatic carbocycles. The zero-order valence-electron chi connectivity index (χ0n) is 15.5. The van der Waals surface area contributed by atoms with E-state index >= 15 is 0 Å². The van der Waals surface area contributed by atoms with Crippen molar-refractivity contribution in [2.45, 2.75) is 13.5 Å². The Bertz CT molecular complexity index is 985. The Morgan fingerprint density at radius 2 is 1.86 bits per heavy atom. The number of ether oxygens (including phenoxy) is 1. The summed E-state index contributed by atoms with van der Waals surface area (Å²) in [4.78, 5) is 32.0. The third kappa shape index (κ3) is 4.85. The second-order valence-corrected chi connectivity index (χ2v) is 5.87. The first-order chi connectivity index (χ1) is 13.5. The highest BCUT2D eigenvalue weighted by molar-refractivity contribution is 5.91. The maximum atomic E-state index is 12.2. The van der Waals surface area contributed by atoms with E-state index in [9.17, 15) is 9.59 Å². The number of carbonyl (C=O) groups excluding carboxylic acids is 2. The average Bonchev–Trinajstić information content (AvgIpc) is 3.13. The largest absolute Gasteiger partial charge is 0.453 e. The van der Waals surface area contributed by atoms with Gasteiger partial charge in [-0.2, -0.15) is 0 Å². The average molecular weight is 380 g/mol. The summed E-state index contributed by atoms with van der Waals surface area (Å²) < 4.78 is 6.41. The molecule has 3 rings (SSSR count). The highest BCUT2D eigenvalue weighted by Crippen LogP contribution is 2.15. The minimum absolute atomic E-state index is 0.329. The van der Waals surface area contributed by atoms with Crippen LogP contribution in [0.5, 0.6) is 0 Å². The molecule has 3 N–H and O–H groups in total. The standard InChI is InChI=1S/C19H20N6O3/c1-13-20-8-9-25(13)17-10-14(6-7-21-17)12-22-18(26)23-15-4-3-5-16(11-15)24-19(27)28-2/h3-11H,12H2,1-2H3,(H,24,27)(H2,22,23,26). The first-order valence-electron chi connectivity index (χ1n) is 8.50. The van der Waals surface area contributed by atoms with Crippen LogP contribution >= 0.6 is 0 Å². The summed E-state index contributed by atoms with van der Waals surface area (Å²) >= 11 is 0. The van der Waals surface area contributed by atoms with Crippen LogP contribution in [0.4, 0.5) is 21.0 Å². The minimum atomic E-state index is -0.580. The van der Waals surface area contributed by atoms with Crippen LogP contribution in [0.3, 0.4) is 0 Å². The van der Waals surface area contributed by atoms with Crippen LogP contribution in [0.15, 0.2) is 55.0 Å². The van der Waals surface area contributed by atoms with E-state index in [2.05, 4.69) is 30.7 Å². The summed E-state index contributed by atoms with van der Waals surface area (Å²) in [5, 5.41) is 8.05. The normalized spacial score (nSPS) is 10.2. The van der Waals surface area contributed by atoms with Crippen LogP contribution in [0.1, 0.15) is 11.4 Å². The van der Waals surface area contributed by atoms with E-state index in [-0.39, 0.29) is 6.03 Å². The number of imidazole rings is 1. The van der Waals surface area contributed by atoms with Gasteiger partial charge in [0.2, 0.25) is 0 Å². The Labute approximate surface area is 161 Å². The lowest BCUT2D eigenvalue weighted by Crippen LogP contribution is -2.28. The van der Waals surface area contributed by atoms with Crippen LogP contribution in [-0.2, 0) is 11.3 Å². The van der Waals surface area contributed by atoms with Crippen LogP contribution in [0, 0.1) is 6.92 Å². The smallest absolute Gasteiger partial charge is 0.411 e. The molecule has 0 spiro atoms. The minimum Gasteiger partial charge on any atom is -0.453 e. The Hall–Kier alpha value is -3.88. The zero-order chi connectivity index (χ0) is 19.9. The molecule has 0 unspecified atom stereocenters. The number of nitrogens with zero attached hydrogens (tertiary/aromatic N) is 3. The van der Waals surface area contributed by atoms with Crippen molar-refractivity contribution in [3.63, 3.8) is 0 Å². The number of anilines is 2. The molecule has 3 aromatic rings. The van der Waals surface area contributed by atoms with Gasteiger partial charge in [-0.25, -0.2) is 19.6 Å². The summed E-state index contributed by atoms with van der Waals surface area (Å²) in [5.74, 6) is 1.56. The number of hydrogen-bond donors (Lipinski definition) is 3. The maximum absolute atomic E-state index is 12.2. The van der Waals surface area contributed by atoms with E-state index in [1.165, 1.54) is 7.11 Å². The first kappa shape index (κ1) is 18.9. The first-order valence-corrected chi connectivity index (χ1v) is 8.50. The highest BCUT2D eigenvalue weighted by Gasteiger charge is 2.06. The van der Waals surface area contributed by atoms with Gasteiger partial charge < -0.3 is 15.4 Å². The number of aromatic nitrogens is 3. The zero-order valence-corrected chi connectivity index (χ0v) is 15.5. The summed E-state index contributed by atoms with van der Waals surface area (Å²) in [6.45, 7) is 2.22. The van der Waals surface area contributed by atoms with Gasteiger partial charge in [-0.05, 0) is 42.8 Å². The van der Waals surface area contributed by atoms with Gasteiger partial charge in [0, 0.05) is 36.5 Å². The van der Waals surface area contributed by atoms with E-state index in [0.717, 1.165) is 17.2 Å². The van der Waals surface area contributed by atoms with Crippen molar-refractivity contribution in [3.05, 3.63) is 66.4 Å². The predicted molar refractivity (Wildman–Crippen MR) is 104 cm³/mol. The van der Waals surface area contributed by atoms with E-state index in [4.69, 9.17) is 0 Å². The molecule has 144 valence electrons. The van der Waals surface area contributed by atoms with Crippen LogP contribution in [-0.4, -0.2) is 33.8 Å². The number of carbonyl (C=O) groups is 2. The Morgan fingerprint density at radius 3 is 2.57 bits per heavy atom. The number of methoxy groups -OCH3 is 1. The van der Waals surface area contributed by atoms with Gasteiger partial charge in [0.1, 0.15) is 11.6 Å². The SMILES string of the molecule is COC(=O)Nc1cccc(NC(=O)NCc2ccnc(-n3ccnc3C)c2)c1. The number of amides is 3. The fourth-order valence-corrected chi connectivity index (χ4v) is 2.52. The number of aryl methyl sites for hydroxylation is 1. The molecule has 3 amide bonds. The van der Waals surface area contributed by atoms with Crippen molar-refractivity contribution in [3.8, 4) is 5.82 Å². The Balaban J connectivity index is 1.58. The van der Waals surface area contributed by atoms with E-state index < -0.39 is 6.09 Å². The third-order valence-electron chi connectivity index (χ3n) is 3.89. The molecule has 0 saturated heterocycles. The summed E-state index contributed by atoms with van der Waals surface area (Å²) in [5.41, 5.74) is 1.95. The molecule has 9 heteroatoms. The maximum Gasteiger partial charge on any atom is 0.411 e. The molecule has 0 saturated carbocycles. The fraction of sp³-hybridized carbons (Fsp3) is 0.158. The molecule has 0 aliphatic rings. The van der Waals surface area contributed by atoms with Crippen molar-refractivity contribution < 1.29 is 14.3 Å². The molecule has 0 fully saturated rings. The van der Waals surface area contributed by atoms with Gasteiger partial charge in [-0.3, -0.25) is 9.88 Å². The van der Waals surface area contributed by atoms with E-state index in [1.54, 1.807) is 36.7 Å². The van der Waals surface area contributed by atoms with Gasteiger partial charge in [0.25, 0.3) is 0 Å². The summed E-state index contributed by atoms with van der Waals surface area (Å²) in [7, 11) is 1.28. The van der Waals surface area contributed by atoms with E-state index in [1.807, 2.05) is 29.8 Å². The van der Waals surface area contributed by atoms with Gasteiger partial charge in [-0.1, -0.05) is 6.07 Å². The molecule has 28 heavy (non-hydrogen) atoms. The molecular formula is C19H20N6O3. The molecule has 0 bridgehead atoms. The molecule has 0 atom stereocenters.